The van der Waals surface area contributed by atoms with Gasteiger partial charge in [0.2, 0.25) is 0 Å². The van der Waals surface area contributed by atoms with Crippen LogP contribution in [0.1, 0.15) is 39.5 Å². The molecule has 0 heterocycles. The minimum atomic E-state index is 0. The summed E-state index contributed by atoms with van der Waals surface area (Å²) in [5, 5.41) is 49.6. The second-order valence-electron chi connectivity index (χ2n) is 7.34. The molecular formula is C26H62AlO14. The highest BCUT2D eigenvalue weighted by molar-refractivity contribution is 5.75. The summed E-state index contributed by atoms with van der Waals surface area (Å²) in [5.74, 6) is 0. The molecule has 14 nitrogen and oxygen atoms in total. The van der Waals surface area contributed by atoms with Crippen molar-refractivity contribution in [1.29, 1.82) is 0 Å². The maximum absolute atomic E-state index is 8.26. The summed E-state index contributed by atoms with van der Waals surface area (Å²) in [6.07, 6.45) is 4.91. The lowest BCUT2D eigenvalue weighted by Gasteiger charge is -2.01. The molecule has 0 aromatic rings. The van der Waals surface area contributed by atoms with Crippen molar-refractivity contribution in [2.24, 2.45) is 0 Å². The lowest BCUT2D eigenvalue weighted by Crippen LogP contribution is -2.09. The van der Waals surface area contributed by atoms with Gasteiger partial charge >= 0.3 is 0 Å². The van der Waals surface area contributed by atoms with E-state index in [1.807, 2.05) is 0 Å². The number of aliphatic hydroxyl groups is 6. The highest BCUT2D eigenvalue weighted by Crippen LogP contribution is 1.91. The van der Waals surface area contributed by atoms with E-state index < -0.39 is 0 Å². The number of hydrogen-bond donors (Lipinski definition) is 6. The minimum absolute atomic E-state index is 0. The Kier molecular flexibility index (Phi) is 82.6. The smallest absolute Gasteiger partial charge is 0.0701 e. The van der Waals surface area contributed by atoms with E-state index in [0.29, 0.717) is 79.3 Å². The molecule has 0 spiro atoms. The zero-order valence-corrected chi connectivity index (χ0v) is 26.7. The molecule has 253 valence electrons. The predicted molar refractivity (Wildman–Crippen MR) is 157 cm³/mol. The van der Waals surface area contributed by atoms with Crippen LogP contribution in [0.5, 0.6) is 0 Å². The summed E-state index contributed by atoms with van der Waals surface area (Å²) in [7, 11) is 0. The Balaban J connectivity index is -0.0000000981. The van der Waals surface area contributed by atoms with E-state index in [9.17, 15) is 0 Å². The van der Waals surface area contributed by atoms with Crippen LogP contribution in [0.3, 0.4) is 0 Å². The van der Waals surface area contributed by atoms with E-state index in [2.05, 4.69) is 13.8 Å². The fourth-order valence-electron chi connectivity index (χ4n) is 1.95. The lowest BCUT2D eigenvalue weighted by atomic mass is 10.3. The average molecular weight is 626 g/mol. The van der Waals surface area contributed by atoms with Gasteiger partial charge in [0.15, 0.2) is 0 Å². The molecule has 0 saturated heterocycles. The Bertz CT molecular complexity index is 283. The Morgan fingerprint density at radius 1 is 0.317 bits per heavy atom. The number of rotatable bonds is 27. The first-order chi connectivity index (χ1) is 19.2. The van der Waals surface area contributed by atoms with Gasteiger partial charge in [-0.25, -0.2) is 0 Å². The first-order valence-corrected chi connectivity index (χ1v) is 13.9. The van der Waals surface area contributed by atoms with Crippen molar-refractivity contribution >= 4 is 17.4 Å². The van der Waals surface area contributed by atoms with Crippen molar-refractivity contribution in [2.75, 3.05) is 132 Å². The maximum atomic E-state index is 8.26. The molecule has 8 N–H and O–H groups in total. The quantitative estimate of drug-likeness (QED) is 0.0449. The van der Waals surface area contributed by atoms with Crippen LogP contribution in [0, 0.1) is 0 Å². The van der Waals surface area contributed by atoms with Gasteiger partial charge < -0.3 is 69.3 Å². The SMILES string of the molecule is CCCCOCCCC.O.OCCOCCOCCO.OCCOCCOCCO.OCCOCCOCCO.[Al]. The molecule has 0 aromatic heterocycles. The van der Waals surface area contributed by atoms with Gasteiger partial charge in [0, 0.05) is 30.6 Å². The fraction of sp³-hybridized carbons (Fsp3) is 1.00. The van der Waals surface area contributed by atoms with Crippen molar-refractivity contribution in [2.45, 2.75) is 39.5 Å². The number of ether oxygens (including phenoxy) is 7. The molecule has 0 aliphatic heterocycles. The summed E-state index contributed by atoms with van der Waals surface area (Å²) in [5.41, 5.74) is 0. The van der Waals surface area contributed by atoms with Crippen molar-refractivity contribution in [1.82, 2.24) is 0 Å². The predicted octanol–water partition coefficient (Wildman–Crippen LogP) is -1.59. The van der Waals surface area contributed by atoms with Crippen molar-refractivity contribution in [3.8, 4) is 0 Å². The van der Waals surface area contributed by atoms with Gasteiger partial charge in [-0.3, -0.25) is 0 Å². The molecule has 0 saturated carbocycles. The molecule has 41 heavy (non-hydrogen) atoms. The molecule has 0 aliphatic carbocycles. The van der Waals surface area contributed by atoms with Gasteiger partial charge in [0.25, 0.3) is 0 Å². The zero-order chi connectivity index (χ0) is 29.9. The van der Waals surface area contributed by atoms with Crippen LogP contribution in [0.4, 0.5) is 0 Å². The number of aliphatic hydroxyl groups excluding tert-OH is 6. The molecule has 0 atom stereocenters. The van der Waals surface area contributed by atoms with E-state index >= 15 is 0 Å². The third kappa shape index (κ3) is 79.2. The van der Waals surface area contributed by atoms with Gasteiger partial charge in [-0.05, 0) is 12.8 Å². The first kappa shape index (κ1) is 53.5. The first-order valence-electron chi connectivity index (χ1n) is 13.9. The summed E-state index contributed by atoms with van der Waals surface area (Å²) in [6, 6.07) is 0. The van der Waals surface area contributed by atoms with Crippen LogP contribution in [0.2, 0.25) is 0 Å². The fourth-order valence-corrected chi connectivity index (χ4v) is 1.95. The van der Waals surface area contributed by atoms with Crippen LogP contribution in [-0.2, 0) is 33.2 Å². The van der Waals surface area contributed by atoms with Gasteiger partial charge in [-0.15, -0.1) is 0 Å². The summed E-state index contributed by atoms with van der Waals surface area (Å²) in [6.45, 7) is 11.5. The molecule has 0 amide bonds. The molecule has 0 rings (SSSR count). The number of hydrogen-bond acceptors (Lipinski definition) is 13. The van der Waals surface area contributed by atoms with Gasteiger partial charge in [0.1, 0.15) is 0 Å². The highest BCUT2D eigenvalue weighted by atomic mass is 27.0. The topological polar surface area (TPSA) is 217 Å². The standard InChI is InChI=1S/C8H18O.3C6H14O4.Al.H2O/c1-3-5-7-9-8-6-4-2;3*7-1-3-9-5-6-10-4-2-8;;/h3-8H2,1-2H3;3*7-8H,1-6H2;;1H2. The van der Waals surface area contributed by atoms with E-state index in [-0.39, 0.29) is 62.5 Å². The van der Waals surface area contributed by atoms with Crippen molar-refractivity contribution < 1.29 is 69.3 Å². The zero-order valence-electron chi connectivity index (χ0n) is 25.6. The molecule has 15 heteroatoms. The monoisotopic (exact) mass is 625 g/mol. The summed E-state index contributed by atoms with van der Waals surface area (Å²) >= 11 is 0. The van der Waals surface area contributed by atoms with Gasteiger partial charge in [0.05, 0.1) is 119 Å². The lowest BCUT2D eigenvalue weighted by molar-refractivity contribution is 0.0222. The van der Waals surface area contributed by atoms with Crippen LogP contribution in [0.15, 0.2) is 0 Å². The Labute approximate surface area is 258 Å². The minimum Gasteiger partial charge on any atom is -0.412 e. The van der Waals surface area contributed by atoms with E-state index in [1.54, 1.807) is 0 Å². The normalized spacial score (nSPS) is 9.66. The summed E-state index contributed by atoms with van der Waals surface area (Å²) in [4.78, 5) is 0. The van der Waals surface area contributed by atoms with Crippen molar-refractivity contribution in [3.63, 3.8) is 0 Å². The molecule has 0 unspecified atom stereocenters. The second-order valence-corrected chi connectivity index (χ2v) is 7.34. The molecule has 0 aromatic carbocycles. The van der Waals surface area contributed by atoms with E-state index in [0.717, 1.165) is 13.2 Å². The largest absolute Gasteiger partial charge is 0.412 e. The molecule has 3 radical (unpaired) electrons. The summed E-state index contributed by atoms with van der Waals surface area (Å²) < 4.78 is 34.6. The third-order valence-corrected chi connectivity index (χ3v) is 3.81. The van der Waals surface area contributed by atoms with E-state index in [1.165, 1.54) is 25.7 Å². The second kappa shape index (κ2) is 63.3. The van der Waals surface area contributed by atoms with Crippen LogP contribution in [-0.4, -0.2) is 186 Å². The third-order valence-electron chi connectivity index (χ3n) is 3.81. The van der Waals surface area contributed by atoms with Crippen LogP contribution in [0.25, 0.3) is 0 Å². The number of unbranched alkanes of at least 4 members (excludes halogenated alkanes) is 2. The average Bonchev–Trinajstić information content (AvgIpc) is 2.96. The van der Waals surface area contributed by atoms with E-state index in [4.69, 9.17) is 63.8 Å². The molecular weight excluding hydrogens is 563 g/mol. The highest BCUT2D eigenvalue weighted by Gasteiger charge is 1.88. The van der Waals surface area contributed by atoms with Crippen molar-refractivity contribution in [3.05, 3.63) is 0 Å². The molecule has 0 aliphatic rings. The Hall–Kier alpha value is -0.0275. The Morgan fingerprint density at radius 3 is 0.634 bits per heavy atom. The molecule has 0 bridgehead atoms. The van der Waals surface area contributed by atoms with Gasteiger partial charge in [-0.1, -0.05) is 26.7 Å². The van der Waals surface area contributed by atoms with Crippen LogP contribution < -0.4 is 0 Å². The molecule has 0 fully saturated rings. The van der Waals surface area contributed by atoms with Gasteiger partial charge in [-0.2, -0.15) is 0 Å². The Morgan fingerprint density at radius 2 is 0.488 bits per heavy atom. The van der Waals surface area contributed by atoms with Crippen LogP contribution >= 0.6 is 0 Å². The maximum Gasteiger partial charge on any atom is 0.0701 e.